The van der Waals surface area contributed by atoms with Gasteiger partial charge in [-0.15, -0.1) is 0 Å². The van der Waals surface area contributed by atoms with Crippen LogP contribution in [-0.2, 0) is 0 Å². The van der Waals surface area contributed by atoms with Crippen LogP contribution in [0.25, 0.3) is 0 Å². The number of nitrogens with two attached hydrogens (primary N) is 1. The normalized spacial score (nSPS) is 23.4. The number of aliphatic imine (C=N–C) groups is 1. The van der Waals surface area contributed by atoms with E-state index in [-0.39, 0.29) is 12.1 Å². The van der Waals surface area contributed by atoms with Crippen molar-refractivity contribution in [2.45, 2.75) is 18.9 Å². The van der Waals surface area contributed by atoms with E-state index < -0.39 is 0 Å². The number of hydrogen-bond donors (Lipinski definition) is 1. The summed E-state index contributed by atoms with van der Waals surface area (Å²) in [7, 11) is 0. The fourth-order valence-corrected chi connectivity index (χ4v) is 2.53. The van der Waals surface area contributed by atoms with Gasteiger partial charge in [-0.3, -0.25) is 0 Å². The standard InChI is InChI=1S/C13H14ClN3O/c14-10-4-2-1-3-9(10)11-12(15)16-13(18)17(11)7-8-5-6-8/h1-4,8,11H,5-7H2,(H2,15,16,18). The fourth-order valence-electron chi connectivity index (χ4n) is 2.29. The summed E-state index contributed by atoms with van der Waals surface area (Å²) in [4.78, 5) is 17.5. The first-order valence-electron chi connectivity index (χ1n) is 6.06. The Hall–Kier alpha value is -1.55. The van der Waals surface area contributed by atoms with Crippen LogP contribution in [0, 0.1) is 5.92 Å². The number of nitrogens with zero attached hydrogens (tertiary/aromatic N) is 2. The maximum Gasteiger partial charge on any atom is 0.346 e. The van der Waals surface area contributed by atoms with Gasteiger partial charge in [0, 0.05) is 17.1 Å². The van der Waals surface area contributed by atoms with Crippen LogP contribution in [0.2, 0.25) is 5.02 Å². The molecule has 1 aliphatic carbocycles. The fraction of sp³-hybridized carbons (Fsp3) is 0.385. The monoisotopic (exact) mass is 263 g/mol. The van der Waals surface area contributed by atoms with Gasteiger partial charge in [0.05, 0.1) is 0 Å². The van der Waals surface area contributed by atoms with Crippen LogP contribution in [0.3, 0.4) is 0 Å². The first-order valence-corrected chi connectivity index (χ1v) is 6.43. The average Bonchev–Trinajstić information content (AvgIpc) is 3.09. The summed E-state index contributed by atoms with van der Waals surface area (Å²) >= 11 is 6.19. The molecule has 3 rings (SSSR count). The summed E-state index contributed by atoms with van der Waals surface area (Å²) < 4.78 is 0. The molecule has 1 fully saturated rings. The smallest absolute Gasteiger partial charge is 0.346 e. The van der Waals surface area contributed by atoms with E-state index in [0.717, 1.165) is 12.1 Å². The van der Waals surface area contributed by atoms with E-state index in [2.05, 4.69) is 4.99 Å². The van der Waals surface area contributed by atoms with Crippen molar-refractivity contribution in [3.63, 3.8) is 0 Å². The van der Waals surface area contributed by atoms with Gasteiger partial charge in [0.25, 0.3) is 0 Å². The molecule has 0 bridgehead atoms. The van der Waals surface area contributed by atoms with Crippen molar-refractivity contribution in [2.24, 2.45) is 16.6 Å². The zero-order valence-corrected chi connectivity index (χ0v) is 10.6. The number of urea groups is 1. The largest absolute Gasteiger partial charge is 0.385 e. The predicted octanol–water partition coefficient (Wildman–Crippen LogP) is 2.58. The van der Waals surface area contributed by atoms with Gasteiger partial charge in [-0.2, -0.15) is 4.99 Å². The average molecular weight is 264 g/mol. The van der Waals surface area contributed by atoms with Gasteiger partial charge in [0.1, 0.15) is 11.9 Å². The Morgan fingerprint density at radius 3 is 2.78 bits per heavy atom. The molecule has 1 saturated carbocycles. The Balaban J connectivity index is 1.94. The molecule has 18 heavy (non-hydrogen) atoms. The number of carbonyl (C=O) groups is 1. The van der Waals surface area contributed by atoms with Gasteiger partial charge in [-0.25, -0.2) is 4.79 Å². The van der Waals surface area contributed by atoms with Crippen molar-refractivity contribution in [1.29, 1.82) is 0 Å². The minimum absolute atomic E-state index is 0.246. The highest BCUT2D eigenvalue weighted by Crippen LogP contribution is 2.37. The van der Waals surface area contributed by atoms with Gasteiger partial charge in [0.2, 0.25) is 0 Å². The van der Waals surface area contributed by atoms with E-state index in [4.69, 9.17) is 17.3 Å². The summed E-state index contributed by atoms with van der Waals surface area (Å²) in [6.07, 6.45) is 2.36. The lowest BCUT2D eigenvalue weighted by Gasteiger charge is -2.25. The lowest BCUT2D eigenvalue weighted by Crippen LogP contribution is -2.35. The minimum Gasteiger partial charge on any atom is -0.385 e. The molecule has 1 heterocycles. The SMILES string of the molecule is NC1=NC(=O)N(CC2CC2)C1c1ccccc1Cl. The number of amides is 2. The van der Waals surface area contributed by atoms with Gasteiger partial charge >= 0.3 is 6.03 Å². The van der Waals surface area contributed by atoms with Gasteiger partial charge in [-0.05, 0) is 24.8 Å². The van der Waals surface area contributed by atoms with E-state index in [9.17, 15) is 4.79 Å². The summed E-state index contributed by atoms with van der Waals surface area (Å²) in [5.74, 6) is 0.939. The Labute approximate surface area is 110 Å². The Bertz CT molecular complexity index is 525. The summed E-state index contributed by atoms with van der Waals surface area (Å²) in [5.41, 5.74) is 6.74. The van der Waals surface area contributed by atoms with E-state index >= 15 is 0 Å². The third-order valence-electron chi connectivity index (χ3n) is 3.41. The Morgan fingerprint density at radius 1 is 1.39 bits per heavy atom. The molecular formula is C13H14ClN3O. The van der Waals surface area contributed by atoms with Gasteiger partial charge in [0.15, 0.2) is 0 Å². The number of benzene rings is 1. The molecule has 1 aromatic rings. The lowest BCUT2D eigenvalue weighted by atomic mass is 10.1. The molecule has 4 nitrogen and oxygen atoms in total. The zero-order valence-electron chi connectivity index (χ0n) is 9.84. The van der Waals surface area contributed by atoms with Crippen LogP contribution in [0.15, 0.2) is 29.3 Å². The highest BCUT2D eigenvalue weighted by atomic mass is 35.5. The number of halogens is 1. The second-order valence-electron chi connectivity index (χ2n) is 4.84. The number of carbonyl (C=O) groups excluding carboxylic acids is 1. The van der Waals surface area contributed by atoms with Crippen molar-refractivity contribution in [1.82, 2.24) is 4.90 Å². The first-order chi connectivity index (χ1) is 8.66. The van der Waals surface area contributed by atoms with Crippen molar-refractivity contribution in [2.75, 3.05) is 6.54 Å². The van der Waals surface area contributed by atoms with Crippen molar-refractivity contribution in [3.05, 3.63) is 34.9 Å². The van der Waals surface area contributed by atoms with Crippen LogP contribution in [0.5, 0.6) is 0 Å². The molecule has 0 aromatic heterocycles. The van der Waals surface area contributed by atoms with Crippen LogP contribution in [0.4, 0.5) is 4.79 Å². The molecule has 0 saturated heterocycles. The summed E-state index contributed by atoms with van der Waals surface area (Å²) in [5, 5.41) is 0.621. The molecule has 0 radical (unpaired) electrons. The molecule has 2 aliphatic rings. The predicted molar refractivity (Wildman–Crippen MR) is 70.6 cm³/mol. The number of hydrogen-bond acceptors (Lipinski definition) is 2. The molecule has 0 spiro atoms. The highest BCUT2D eigenvalue weighted by molar-refractivity contribution is 6.31. The molecule has 1 unspecified atom stereocenters. The van der Waals surface area contributed by atoms with E-state index in [0.29, 0.717) is 16.8 Å². The molecule has 1 atom stereocenters. The number of amidine groups is 1. The topological polar surface area (TPSA) is 58.7 Å². The third-order valence-corrected chi connectivity index (χ3v) is 3.76. The van der Waals surface area contributed by atoms with E-state index in [1.54, 1.807) is 4.90 Å². The molecule has 2 amide bonds. The summed E-state index contributed by atoms with van der Waals surface area (Å²) in [6.45, 7) is 0.721. The Kier molecular flexibility index (Phi) is 2.74. The molecule has 2 N–H and O–H groups in total. The van der Waals surface area contributed by atoms with Crippen LogP contribution in [0.1, 0.15) is 24.4 Å². The second kappa shape index (κ2) is 4.28. The Morgan fingerprint density at radius 2 is 2.11 bits per heavy atom. The van der Waals surface area contributed by atoms with Gasteiger partial charge in [-0.1, -0.05) is 29.8 Å². The van der Waals surface area contributed by atoms with Crippen LogP contribution < -0.4 is 5.73 Å². The van der Waals surface area contributed by atoms with Gasteiger partial charge < -0.3 is 10.6 Å². The quantitative estimate of drug-likeness (QED) is 0.911. The summed E-state index contributed by atoms with van der Waals surface area (Å²) in [6, 6.07) is 6.92. The molecular weight excluding hydrogens is 250 g/mol. The second-order valence-corrected chi connectivity index (χ2v) is 5.25. The first kappa shape index (κ1) is 11.5. The molecule has 5 heteroatoms. The zero-order chi connectivity index (χ0) is 12.7. The van der Waals surface area contributed by atoms with Crippen LogP contribution >= 0.6 is 11.6 Å². The van der Waals surface area contributed by atoms with Crippen molar-refractivity contribution >= 4 is 23.5 Å². The maximum absolute atomic E-state index is 11.9. The minimum atomic E-state index is -0.299. The molecule has 1 aliphatic heterocycles. The van der Waals surface area contributed by atoms with Crippen molar-refractivity contribution < 1.29 is 4.79 Å². The van der Waals surface area contributed by atoms with Crippen LogP contribution in [-0.4, -0.2) is 23.3 Å². The maximum atomic E-state index is 11.9. The van der Waals surface area contributed by atoms with E-state index in [1.807, 2.05) is 24.3 Å². The lowest BCUT2D eigenvalue weighted by molar-refractivity contribution is 0.204. The third kappa shape index (κ3) is 1.97. The molecule has 1 aromatic carbocycles. The van der Waals surface area contributed by atoms with E-state index in [1.165, 1.54) is 12.8 Å². The number of rotatable bonds is 3. The molecule has 94 valence electrons. The van der Waals surface area contributed by atoms with Crippen molar-refractivity contribution in [3.8, 4) is 0 Å². The highest BCUT2D eigenvalue weighted by Gasteiger charge is 2.38.